The lowest BCUT2D eigenvalue weighted by Gasteiger charge is -2.15. The van der Waals surface area contributed by atoms with Crippen LogP contribution in [0.3, 0.4) is 0 Å². The van der Waals surface area contributed by atoms with Crippen molar-refractivity contribution in [1.29, 1.82) is 0 Å². The fourth-order valence-electron chi connectivity index (χ4n) is 1.95. The second-order valence-electron chi connectivity index (χ2n) is 4.72. The van der Waals surface area contributed by atoms with E-state index in [1.54, 1.807) is 35.7 Å². The van der Waals surface area contributed by atoms with E-state index in [1.807, 2.05) is 0 Å². The van der Waals surface area contributed by atoms with E-state index >= 15 is 0 Å². The summed E-state index contributed by atoms with van der Waals surface area (Å²) < 4.78 is 29.4. The number of hydrogen-bond donors (Lipinski definition) is 1. The van der Waals surface area contributed by atoms with Crippen molar-refractivity contribution < 1.29 is 13.5 Å². The van der Waals surface area contributed by atoms with Gasteiger partial charge >= 0.3 is 0 Å². The van der Waals surface area contributed by atoms with Crippen LogP contribution in [0, 0.1) is 0 Å². The first-order valence-electron chi connectivity index (χ1n) is 6.04. The van der Waals surface area contributed by atoms with Gasteiger partial charge in [0.15, 0.2) is 0 Å². The van der Waals surface area contributed by atoms with Gasteiger partial charge in [-0.05, 0) is 6.07 Å². The fourth-order valence-corrected chi connectivity index (χ4v) is 3.21. The van der Waals surface area contributed by atoms with Crippen molar-refractivity contribution in [2.24, 2.45) is 14.1 Å². The molecule has 0 bridgehead atoms. The van der Waals surface area contributed by atoms with Crippen molar-refractivity contribution in [3.63, 3.8) is 0 Å². The molecule has 20 heavy (non-hydrogen) atoms. The smallest absolute Gasteiger partial charge is 0.244 e. The lowest BCUT2D eigenvalue weighted by Crippen LogP contribution is -2.26. The number of nitrogens with zero attached hydrogens (tertiary/aromatic N) is 4. The van der Waals surface area contributed by atoms with Crippen LogP contribution in [0.1, 0.15) is 11.3 Å². The maximum atomic E-state index is 12.4. The van der Waals surface area contributed by atoms with Crippen molar-refractivity contribution in [2.45, 2.75) is 18.0 Å². The monoisotopic (exact) mass is 298 g/mol. The molecule has 0 spiro atoms. The van der Waals surface area contributed by atoms with E-state index in [9.17, 15) is 8.42 Å². The maximum absolute atomic E-state index is 12.4. The Morgan fingerprint density at radius 2 is 2.05 bits per heavy atom. The van der Waals surface area contributed by atoms with Gasteiger partial charge in [-0.1, -0.05) is 0 Å². The minimum atomic E-state index is -3.58. The summed E-state index contributed by atoms with van der Waals surface area (Å²) in [6.07, 6.45) is 4.91. The first-order chi connectivity index (χ1) is 9.34. The van der Waals surface area contributed by atoms with Crippen LogP contribution in [0.15, 0.2) is 29.6 Å². The summed E-state index contributed by atoms with van der Waals surface area (Å²) in [4.78, 5) is 0.176. The zero-order valence-electron chi connectivity index (χ0n) is 11.7. The maximum Gasteiger partial charge on any atom is 0.244 e. The molecule has 0 aliphatic carbocycles. The van der Waals surface area contributed by atoms with Gasteiger partial charge in [-0.15, -0.1) is 0 Å². The molecule has 2 heterocycles. The highest BCUT2D eigenvalue weighted by molar-refractivity contribution is 7.89. The molecule has 0 fully saturated rings. The van der Waals surface area contributed by atoms with Crippen molar-refractivity contribution in [3.05, 3.63) is 35.9 Å². The third-order valence-electron chi connectivity index (χ3n) is 3.12. The third kappa shape index (κ3) is 2.77. The molecule has 2 rings (SSSR count). The van der Waals surface area contributed by atoms with Crippen molar-refractivity contribution in [3.8, 4) is 0 Å². The molecule has 2 aromatic heterocycles. The Morgan fingerprint density at radius 1 is 1.35 bits per heavy atom. The number of aryl methyl sites for hydroxylation is 2. The molecule has 0 saturated heterocycles. The van der Waals surface area contributed by atoms with Crippen molar-refractivity contribution in [2.75, 3.05) is 7.05 Å². The van der Waals surface area contributed by atoms with Crippen LogP contribution >= 0.6 is 0 Å². The highest BCUT2D eigenvalue weighted by Crippen LogP contribution is 2.19. The molecule has 8 heteroatoms. The van der Waals surface area contributed by atoms with E-state index in [-0.39, 0.29) is 18.0 Å². The van der Waals surface area contributed by atoms with Crippen LogP contribution in [0.2, 0.25) is 0 Å². The van der Waals surface area contributed by atoms with Gasteiger partial charge in [-0.2, -0.15) is 9.40 Å². The number of aliphatic hydroxyl groups excluding tert-OH is 1. The average molecular weight is 298 g/mol. The number of sulfonamides is 1. The standard InChI is InChI=1S/C12H18N4O3S/c1-14-8-12(4-11(14)9-17)20(18,19)16(3)7-10-5-13-15(2)6-10/h4-6,8,17H,7,9H2,1-3H3. The van der Waals surface area contributed by atoms with Crippen LogP contribution in [-0.2, 0) is 37.3 Å². The molecule has 0 amide bonds. The molecule has 0 unspecified atom stereocenters. The Labute approximate surface area is 118 Å². The summed E-state index contributed by atoms with van der Waals surface area (Å²) in [7, 11) is 1.43. The Balaban J connectivity index is 2.24. The van der Waals surface area contributed by atoms with Crippen LogP contribution in [0.5, 0.6) is 0 Å². The summed E-state index contributed by atoms with van der Waals surface area (Å²) in [6.45, 7) is 0.0534. The molecule has 2 aromatic rings. The van der Waals surface area contributed by atoms with Crippen molar-refractivity contribution in [1.82, 2.24) is 18.7 Å². The van der Waals surface area contributed by atoms with E-state index in [0.717, 1.165) is 5.56 Å². The zero-order chi connectivity index (χ0) is 14.9. The van der Waals surface area contributed by atoms with Gasteiger partial charge in [-0.25, -0.2) is 8.42 Å². The van der Waals surface area contributed by atoms with Gasteiger partial charge in [0.1, 0.15) is 4.90 Å². The summed E-state index contributed by atoms with van der Waals surface area (Å²) in [6, 6.07) is 1.48. The quantitative estimate of drug-likeness (QED) is 0.847. The Kier molecular flexibility index (Phi) is 3.98. The summed E-state index contributed by atoms with van der Waals surface area (Å²) in [5.41, 5.74) is 1.37. The summed E-state index contributed by atoms with van der Waals surface area (Å²) in [5, 5.41) is 13.1. The van der Waals surface area contributed by atoms with E-state index < -0.39 is 10.0 Å². The van der Waals surface area contributed by atoms with Gasteiger partial charge in [0.2, 0.25) is 10.0 Å². The Bertz CT molecular complexity index is 702. The average Bonchev–Trinajstić information content (AvgIpc) is 2.95. The SMILES string of the molecule is CN(Cc1cnn(C)c1)S(=O)(=O)c1cc(CO)n(C)c1. The van der Waals surface area contributed by atoms with Crippen LogP contribution in [0.25, 0.3) is 0 Å². The predicted octanol–water partition coefficient (Wildman–Crippen LogP) is 0.0716. The van der Waals surface area contributed by atoms with Gasteiger partial charge in [0, 0.05) is 51.3 Å². The summed E-state index contributed by atoms with van der Waals surface area (Å²) in [5.74, 6) is 0. The molecule has 0 atom stereocenters. The lowest BCUT2D eigenvalue weighted by molar-refractivity contribution is 0.272. The second kappa shape index (κ2) is 5.39. The van der Waals surface area contributed by atoms with Gasteiger partial charge in [0.05, 0.1) is 12.8 Å². The van der Waals surface area contributed by atoms with Crippen LogP contribution < -0.4 is 0 Å². The number of hydrogen-bond acceptors (Lipinski definition) is 4. The van der Waals surface area contributed by atoms with E-state index in [1.165, 1.54) is 23.6 Å². The van der Waals surface area contributed by atoms with Gasteiger partial charge in [-0.3, -0.25) is 4.68 Å². The molecule has 1 N–H and O–H groups in total. The van der Waals surface area contributed by atoms with Gasteiger partial charge in [0.25, 0.3) is 0 Å². The van der Waals surface area contributed by atoms with E-state index in [4.69, 9.17) is 5.11 Å². The molecular weight excluding hydrogens is 280 g/mol. The van der Waals surface area contributed by atoms with E-state index in [2.05, 4.69) is 5.10 Å². The fraction of sp³-hybridized carbons (Fsp3) is 0.417. The zero-order valence-corrected chi connectivity index (χ0v) is 12.5. The van der Waals surface area contributed by atoms with Gasteiger partial charge < -0.3 is 9.67 Å². The number of aliphatic hydroxyl groups is 1. The minimum Gasteiger partial charge on any atom is -0.390 e. The lowest BCUT2D eigenvalue weighted by atomic mass is 10.4. The first kappa shape index (κ1) is 14.8. The largest absolute Gasteiger partial charge is 0.390 e. The molecule has 0 radical (unpaired) electrons. The molecule has 0 aromatic carbocycles. The summed E-state index contributed by atoms with van der Waals surface area (Å²) >= 11 is 0. The minimum absolute atomic E-state index is 0.176. The molecule has 110 valence electrons. The molecule has 0 aliphatic heterocycles. The van der Waals surface area contributed by atoms with Crippen LogP contribution in [0.4, 0.5) is 0 Å². The van der Waals surface area contributed by atoms with Crippen molar-refractivity contribution >= 4 is 10.0 Å². The molecular formula is C12H18N4O3S. The molecule has 0 aliphatic rings. The Hall–Kier alpha value is -1.64. The highest BCUT2D eigenvalue weighted by Gasteiger charge is 2.23. The number of rotatable bonds is 5. The molecule has 0 saturated carbocycles. The first-order valence-corrected chi connectivity index (χ1v) is 7.48. The normalized spacial score (nSPS) is 12.2. The highest BCUT2D eigenvalue weighted by atomic mass is 32.2. The predicted molar refractivity (Wildman–Crippen MR) is 73.2 cm³/mol. The van der Waals surface area contributed by atoms with Crippen LogP contribution in [-0.4, -0.2) is 39.2 Å². The molecule has 7 nitrogen and oxygen atoms in total. The topological polar surface area (TPSA) is 80.4 Å². The van der Waals surface area contributed by atoms with E-state index in [0.29, 0.717) is 5.69 Å². The number of aromatic nitrogens is 3. The Morgan fingerprint density at radius 3 is 2.55 bits per heavy atom. The second-order valence-corrected chi connectivity index (χ2v) is 6.76. The third-order valence-corrected chi connectivity index (χ3v) is 4.89.